The van der Waals surface area contributed by atoms with Gasteiger partial charge in [-0.2, -0.15) is 13.2 Å². The minimum Gasteiger partial charge on any atom is -0.335 e. The molecule has 2 aromatic rings. The third-order valence-corrected chi connectivity index (χ3v) is 3.32. The highest BCUT2D eigenvalue weighted by Gasteiger charge is 2.33. The number of rotatable bonds is 3. The first-order valence-electron chi connectivity index (χ1n) is 5.43. The first kappa shape index (κ1) is 16.7. The van der Waals surface area contributed by atoms with Crippen molar-refractivity contribution in [3.05, 3.63) is 44.9 Å². The summed E-state index contributed by atoms with van der Waals surface area (Å²) in [7, 11) is 0. The maximum Gasteiger partial charge on any atom is 0.417 e. The number of carbonyl (C=O) groups excluding carboxylic acids is 1. The molecule has 118 valence electrons. The van der Waals surface area contributed by atoms with E-state index >= 15 is 0 Å². The van der Waals surface area contributed by atoms with Crippen LogP contribution in [0.15, 0.2) is 18.2 Å². The summed E-state index contributed by atoms with van der Waals surface area (Å²) in [5.74, 6) is -1.33. The molecule has 0 aliphatic rings. The molecule has 0 aliphatic carbocycles. The topological polar surface area (TPSA) is 67.0 Å². The van der Waals surface area contributed by atoms with Gasteiger partial charge in [0.25, 0.3) is 0 Å². The van der Waals surface area contributed by atoms with Gasteiger partial charge in [-0.05, 0) is 18.2 Å². The summed E-state index contributed by atoms with van der Waals surface area (Å²) in [6.07, 6.45) is -4.64. The largest absolute Gasteiger partial charge is 0.417 e. The fourth-order valence-corrected chi connectivity index (χ4v) is 1.88. The molecule has 11 heteroatoms. The Balaban J connectivity index is 2.10. The third kappa shape index (κ3) is 3.76. The molecule has 0 amide bonds. The van der Waals surface area contributed by atoms with Crippen LogP contribution in [0.2, 0.25) is 15.3 Å². The highest BCUT2D eigenvalue weighted by molar-refractivity contribution is 6.40. The molecule has 1 aromatic carbocycles. The first-order chi connectivity index (χ1) is 10.2. The van der Waals surface area contributed by atoms with Gasteiger partial charge in [0.1, 0.15) is 5.15 Å². The summed E-state index contributed by atoms with van der Waals surface area (Å²) in [6, 6.07) is 2.91. The molecule has 0 saturated heterocycles. The average molecular weight is 375 g/mol. The summed E-state index contributed by atoms with van der Waals surface area (Å²) in [6.45, 7) is 0. The Kier molecular flexibility index (Phi) is 4.74. The summed E-state index contributed by atoms with van der Waals surface area (Å²) >= 11 is 16.6. The molecule has 0 radical (unpaired) electrons. The maximum absolute atomic E-state index is 12.7. The smallest absolute Gasteiger partial charge is 0.335 e. The van der Waals surface area contributed by atoms with Crippen molar-refractivity contribution in [2.24, 2.45) is 0 Å². The van der Waals surface area contributed by atoms with Gasteiger partial charge in [-0.15, -0.1) is 0 Å². The number of halogens is 6. The van der Waals surface area contributed by atoms with Crippen LogP contribution < -0.4 is 5.48 Å². The second kappa shape index (κ2) is 6.23. The van der Waals surface area contributed by atoms with E-state index in [-0.39, 0.29) is 21.8 Å². The number of H-pyrrole nitrogens is 1. The number of carbonyl (C=O) groups is 1. The molecule has 0 saturated carbocycles. The predicted octanol–water partition coefficient (Wildman–Crippen LogP) is 4.57. The van der Waals surface area contributed by atoms with Crippen molar-refractivity contribution in [3.8, 4) is 0 Å². The van der Waals surface area contributed by atoms with Crippen LogP contribution in [0.4, 0.5) is 18.9 Å². The first-order valence-corrected chi connectivity index (χ1v) is 6.57. The molecule has 0 bridgehead atoms. The van der Waals surface area contributed by atoms with E-state index in [0.717, 1.165) is 6.07 Å². The second-order valence-electron chi connectivity index (χ2n) is 3.87. The molecule has 0 aliphatic heterocycles. The van der Waals surface area contributed by atoms with Gasteiger partial charge in [-0.25, -0.2) is 15.3 Å². The minimum absolute atomic E-state index is 0.0699. The van der Waals surface area contributed by atoms with Gasteiger partial charge in [0.15, 0.2) is 5.15 Å². The van der Waals surface area contributed by atoms with Gasteiger partial charge < -0.3 is 9.82 Å². The van der Waals surface area contributed by atoms with Gasteiger partial charge in [0, 0.05) is 0 Å². The normalized spacial score (nSPS) is 11.4. The number of aromatic nitrogens is 2. The number of hydrogen-bond acceptors (Lipinski definition) is 4. The van der Waals surface area contributed by atoms with E-state index in [1.54, 1.807) is 0 Å². The van der Waals surface area contributed by atoms with E-state index in [2.05, 4.69) is 20.3 Å². The van der Waals surface area contributed by atoms with Crippen LogP contribution in [-0.4, -0.2) is 15.9 Å². The number of imidazole rings is 1. The Hall–Kier alpha value is -1.64. The molecule has 1 heterocycles. The molecule has 0 atom stereocenters. The summed E-state index contributed by atoms with van der Waals surface area (Å²) in [4.78, 5) is 22.1. The minimum atomic E-state index is -4.64. The fraction of sp³-hybridized carbons (Fsp3) is 0.0909. The molecule has 1 aromatic heterocycles. The Labute approximate surface area is 136 Å². The third-order valence-electron chi connectivity index (χ3n) is 2.35. The number of hydrogen-bond donors (Lipinski definition) is 2. The molecule has 0 spiro atoms. The lowest BCUT2D eigenvalue weighted by atomic mass is 10.2. The molecule has 22 heavy (non-hydrogen) atoms. The standard InChI is InChI=1S/C11H5Cl3F3N3O2/c12-6-2-1-4(3-5(6)11(15,16)17)20-22-10(21)9-18-7(13)8(14)19-9/h1-3,20H,(H,18,19). The predicted molar refractivity (Wildman–Crippen MR) is 74.1 cm³/mol. The van der Waals surface area contributed by atoms with Gasteiger partial charge >= 0.3 is 12.1 Å². The van der Waals surface area contributed by atoms with E-state index in [4.69, 9.17) is 34.8 Å². The molecule has 0 unspecified atom stereocenters. The molecular formula is C11H5Cl3F3N3O2. The van der Waals surface area contributed by atoms with Crippen molar-refractivity contribution in [1.29, 1.82) is 0 Å². The Morgan fingerprint density at radius 2 is 1.95 bits per heavy atom. The Morgan fingerprint density at radius 1 is 1.27 bits per heavy atom. The van der Waals surface area contributed by atoms with Crippen LogP contribution >= 0.6 is 34.8 Å². The van der Waals surface area contributed by atoms with Crippen molar-refractivity contribution in [2.45, 2.75) is 6.18 Å². The van der Waals surface area contributed by atoms with Crippen molar-refractivity contribution in [3.63, 3.8) is 0 Å². The van der Waals surface area contributed by atoms with Crippen LogP contribution in [-0.2, 0) is 11.0 Å². The fourth-order valence-electron chi connectivity index (χ4n) is 1.39. The summed E-state index contributed by atoms with van der Waals surface area (Å²) < 4.78 is 38.0. The van der Waals surface area contributed by atoms with E-state index in [0.29, 0.717) is 6.07 Å². The average Bonchev–Trinajstić information content (AvgIpc) is 2.76. The van der Waals surface area contributed by atoms with E-state index in [1.807, 2.05) is 0 Å². The van der Waals surface area contributed by atoms with E-state index in [1.165, 1.54) is 6.07 Å². The lowest BCUT2D eigenvalue weighted by Crippen LogP contribution is -2.13. The van der Waals surface area contributed by atoms with Crippen LogP contribution in [0.1, 0.15) is 16.2 Å². The van der Waals surface area contributed by atoms with Crippen LogP contribution in [0.25, 0.3) is 0 Å². The van der Waals surface area contributed by atoms with Crippen molar-refractivity contribution in [1.82, 2.24) is 9.97 Å². The van der Waals surface area contributed by atoms with E-state index in [9.17, 15) is 18.0 Å². The van der Waals surface area contributed by atoms with Crippen LogP contribution in [0.3, 0.4) is 0 Å². The highest BCUT2D eigenvalue weighted by atomic mass is 35.5. The number of nitrogens with zero attached hydrogens (tertiary/aromatic N) is 1. The molecule has 2 N–H and O–H groups in total. The zero-order valence-electron chi connectivity index (χ0n) is 10.3. The lowest BCUT2D eigenvalue weighted by molar-refractivity contribution is -0.137. The summed E-state index contributed by atoms with van der Waals surface area (Å²) in [5, 5.41) is -0.687. The monoisotopic (exact) mass is 373 g/mol. The van der Waals surface area contributed by atoms with Crippen molar-refractivity contribution in [2.75, 3.05) is 5.48 Å². The van der Waals surface area contributed by atoms with Crippen molar-refractivity contribution >= 4 is 46.5 Å². The van der Waals surface area contributed by atoms with Crippen LogP contribution in [0.5, 0.6) is 0 Å². The van der Waals surface area contributed by atoms with E-state index < -0.39 is 22.7 Å². The Bertz CT molecular complexity index is 699. The quantitative estimate of drug-likeness (QED) is 0.772. The van der Waals surface area contributed by atoms with Gasteiger partial charge in [-0.1, -0.05) is 34.8 Å². The maximum atomic E-state index is 12.7. The number of nitrogens with one attached hydrogen (secondary N) is 2. The molecular weight excluding hydrogens is 369 g/mol. The van der Waals surface area contributed by atoms with Crippen LogP contribution in [0, 0.1) is 0 Å². The van der Waals surface area contributed by atoms with Gasteiger partial charge in [0.05, 0.1) is 16.3 Å². The van der Waals surface area contributed by atoms with Gasteiger partial charge in [-0.3, -0.25) is 0 Å². The Morgan fingerprint density at radius 3 is 2.50 bits per heavy atom. The number of benzene rings is 1. The molecule has 0 fully saturated rings. The SMILES string of the molecule is O=C(ONc1ccc(Cl)c(C(F)(F)F)c1)c1nc(Cl)c(Cl)[nH]1. The van der Waals surface area contributed by atoms with Crippen molar-refractivity contribution < 1.29 is 22.8 Å². The number of alkyl halides is 3. The zero-order chi connectivity index (χ0) is 16.5. The highest BCUT2D eigenvalue weighted by Crippen LogP contribution is 2.36. The number of aromatic amines is 1. The lowest BCUT2D eigenvalue weighted by Gasteiger charge is -2.11. The summed E-state index contributed by atoms with van der Waals surface area (Å²) in [5.41, 5.74) is 0.856. The second-order valence-corrected chi connectivity index (χ2v) is 5.02. The number of anilines is 1. The molecule has 5 nitrogen and oxygen atoms in total. The molecule has 2 rings (SSSR count). The zero-order valence-corrected chi connectivity index (χ0v) is 12.5. The van der Waals surface area contributed by atoms with Gasteiger partial charge in [0.2, 0.25) is 5.82 Å².